The topological polar surface area (TPSA) is 180 Å². The van der Waals surface area contributed by atoms with E-state index in [1.807, 2.05) is 37.5 Å². The predicted molar refractivity (Wildman–Crippen MR) is 242 cm³/mol. The number of imidazole rings is 1. The van der Waals surface area contributed by atoms with Crippen LogP contribution < -0.4 is 16.0 Å². The van der Waals surface area contributed by atoms with Gasteiger partial charge in [-0.15, -0.1) is 0 Å². The summed E-state index contributed by atoms with van der Waals surface area (Å²) in [6.07, 6.45) is 23.2. The van der Waals surface area contributed by atoms with Crippen molar-refractivity contribution in [3.05, 3.63) is 82.5 Å². The van der Waals surface area contributed by atoms with Gasteiger partial charge in [-0.1, -0.05) is 83.2 Å². The van der Waals surface area contributed by atoms with E-state index in [4.69, 9.17) is 24.2 Å². The molecule has 4 amide bonds. The number of likely N-dealkylation sites (tertiary alicyclic amines) is 2. The minimum Gasteiger partial charge on any atom is -0.453 e. The fraction of sp³-hybridized carbons (Fsp3) is 0.583. The summed E-state index contributed by atoms with van der Waals surface area (Å²) in [5.41, 5.74) is 5.76. The molecule has 15 heteroatoms. The smallest absolute Gasteiger partial charge is 0.407 e. The van der Waals surface area contributed by atoms with Gasteiger partial charge in [0, 0.05) is 43.6 Å². The fourth-order valence-corrected chi connectivity index (χ4v) is 9.95. The number of aromatic amines is 1. The van der Waals surface area contributed by atoms with Crippen LogP contribution in [-0.2, 0) is 23.8 Å². The van der Waals surface area contributed by atoms with E-state index in [1.54, 1.807) is 7.11 Å². The Bertz CT molecular complexity index is 2110. The molecular formula is C48H66N8O7. The summed E-state index contributed by atoms with van der Waals surface area (Å²) in [6.45, 7) is 12.1. The molecule has 15 nitrogen and oxygen atoms in total. The van der Waals surface area contributed by atoms with E-state index in [0.717, 1.165) is 48.7 Å². The number of hydrogen-bond donors (Lipinski definition) is 4. The molecule has 0 unspecified atom stereocenters. The Balaban J connectivity index is 1.02. The molecule has 4 N–H and O–H groups in total. The van der Waals surface area contributed by atoms with Crippen LogP contribution in [0.15, 0.2) is 70.3 Å². The van der Waals surface area contributed by atoms with Crippen molar-refractivity contribution < 1.29 is 33.4 Å². The number of nitrogens with one attached hydrogen (secondary N) is 4. The summed E-state index contributed by atoms with van der Waals surface area (Å²) in [4.78, 5) is 69.3. The highest BCUT2D eigenvalue weighted by molar-refractivity contribution is 5.95. The van der Waals surface area contributed by atoms with Crippen LogP contribution in [0.3, 0.4) is 0 Å². The van der Waals surface area contributed by atoms with Crippen LogP contribution >= 0.6 is 0 Å². The number of carbonyl (C=O) groups is 4. The second kappa shape index (κ2) is 19.9. The number of nitrogens with zero attached hydrogens (tertiary/aromatic N) is 4. The number of allylic oxidation sites excluding steroid dienone is 10. The van der Waals surface area contributed by atoms with Crippen LogP contribution in [0.4, 0.5) is 9.59 Å². The van der Waals surface area contributed by atoms with E-state index in [0.29, 0.717) is 32.7 Å². The zero-order valence-corrected chi connectivity index (χ0v) is 38.1. The molecule has 9 atom stereocenters. The average Bonchev–Trinajstić information content (AvgIpc) is 4.09. The van der Waals surface area contributed by atoms with Crippen molar-refractivity contribution in [1.29, 1.82) is 0 Å². The molecule has 0 spiro atoms. The first-order chi connectivity index (χ1) is 30.3. The molecule has 1 aromatic rings. The summed E-state index contributed by atoms with van der Waals surface area (Å²) >= 11 is 0. The Morgan fingerprint density at radius 3 is 2.32 bits per heavy atom. The van der Waals surface area contributed by atoms with Crippen LogP contribution in [0.2, 0.25) is 0 Å². The number of aromatic nitrogens is 2. The number of H-pyrrole nitrogens is 1. The van der Waals surface area contributed by atoms with E-state index in [1.165, 1.54) is 30.9 Å². The van der Waals surface area contributed by atoms with Gasteiger partial charge < -0.3 is 44.9 Å². The van der Waals surface area contributed by atoms with Gasteiger partial charge in [0.1, 0.15) is 23.7 Å². The summed E-state index contributed by atoms with van der Waals surface area (Å²) < 4.78 is 15.2. The standard InChI is InChI=1S/C48H66N8O7/c1-27(2)40(53-47(59)62-7)45(57)55-20-10-13-38(55)43-49-24-35(50-43)17-14-31-22-32(12-9-11-29(31)5)33-15-18-36-34(23-33)16-19-37-42(36)52-44(51-37)39-21-30(26-61-6)25-56(39)46(58)41(28(3)4)54-48(60)63-8/h9,11-12,14,16-17,19,22-23,27-30,33,35-36,38-41H,10,13,15,18,20-21,24-26H2,1-8H3,(H,49,50)(H,51,52)(H,53,59)(H,54,60)/b17-14-/t29-,30+,33+,35+,36-,38+,39+,40+,41+/m1/s1. The number of amidine groups is 1. The van der Waals surface area contributed by atoms with Crippen molar-refractivity contribution >= 4 is 35.9 Å². The molecule has 0 aromatic carbocycles. The van der Waals surface area contributed by atoms with E-state index >= 15 is 0 Å². The highest BCUT2D eigenvalue weighted by atomic mass is 16.5. The molecule has 3 aliphatic carbocycles. The van der Waals surface area contributed by atoms with Crippen LogP contribution in [0.25, 0.3) is 6.08 Å². The van der Waals surface area contributed by atoms with Gasteiger partial charge in [-0.2, -0.15) is 0 Å². The maximum absolute atomic E-state index is 14.1. The Morgan fingerprint density at radius 1 is 0.921 bits per heavy atom. The molecule has 0 bridgehead atoms. The van der Waals surface area contributed by atoms with Crippen molar-refractivity contribution in [1.82, 2.24) is 35.7 Å². The zero-order valence-electron chi connectivity index (χ0n) is 38.1. The lowest BCUT2D eigenvalue weighted by molar-refractivity contribution is -0.136. The van der Waals surface area contributed by atoms with E-state index in [2.05, 4.69) is 82.5 Å². The van der Waals surface area contributed by atoms with Crippen LogP contribution in [0.1, 0.15) is 95.9 Å². The largest absolute Gasteiger partial charge is 0.453 e. The average molecular weight is 867 g/mol. The maximum Gasteiger partial charge on any atom is 0.407 e. The Morgan fingerprint density at radius 2 is 1.63 bits per heavy atom. The zero-order chi connectivity index (χ0) is 44.9. The Kier molecular flexibility index (Phi) is 14.4. The third kappa shape index (κ3) is 10.0. The predicted octanol–water partition coefficient (Wildman–Crippen LogP) is 6.13. The highest BCUT2D eigenvalue weighted by Gasteiger charge is 2.43. The third-order valence-corrected chi connectivity index (χ3v) is 13.4. The molecule has 2 fully saturated rings. The Labute approximate surface area is 371 Å². The fourth-order valence-electron chi connectivity index (χ4n) is 9.95. The molecule has 7 rings (SSSR count). The minimum absolute atomic E-state index is 0.00582. The summed E-state index contributed by atoms with van der Waals surface area (Å²) in [5.74, 6) is 1.87. The summed E-state index contributed by atoms with van der Waals surface area (Å²) in [5, 5.41) is 9.08. The second-order valence-electron chi connectivity index (χ2n) is 18.4. The normalized spacial score (nSPS) is 27.5. The molecule has 340 valence electrons. The van der Waals surface area contributed by atoms with E-state index < -0.39 is 24.3 Å². The van der Waals surface area contributed by atoms with Gasteiger partial charge >= 0.3 is 12.2 Å². The first-order valence-electron chi connectivity index (χ1n) is 22.7. The molecule has 63 heavy (non-hydrogen) atoms. The van der Waals surface area contributed by atoms with Gasteiger partial charge in [0.25, 0.3) is 0 Å². The highest BCUT2D eigenvalue weighted by Crippen LogP contribution is 2.45. The van der Waals surface area contributed by atoms with Gasteiger partial charge in [-0.3, -0.25) is 14.6 Å². The monoisotopic (exact) mass is 867 g/mol. The van der Waals surface area contributed by atoms with Crippen molar-refractivity contribution in [2.45, 2.75) is 103 Å². The van der Waals surface area contributed by atoms with E-state index in [9.17, 15) is 19.2 Å². The Hall–Kier alpha value is -5.44. The number of rotatable bonds is 13. The van der Waals surface area contributed by atoms with Gasteiger partial charge in [0.15, 0.2) is 0 Å². The van der Waals surface area contributed by atoms with Crippen LogP contribution in [-0.4, -0.2) is 121 Å². The molecule has 4 heterocycles. The lowest BCUT2D eigenvalue weighted by Gasteiger charge is -2.31. The molecule has 0 radical (unpaired) electrons. The number of ether oxygens (including phenoxy) is 3. The second-order valence-corrected chi connectivity index (χ2v) is 18.4. The lowest BCUT2D eigenvalue weighted by Crippen LogP contribution is -2.55. The number of carbonyl (C=O) groups excluding carboxylic acids is 4. The quantitative estimate of drug-likeness (QED) is 0.182. The first-order valence-corrected chi connectivity index (χ1v) is 22.7. The number of alkyl carbamates (subject to hydrolysis) is 2. The van der Waals surface area contributed by atoms with Crippen molar-refractivity contribution in [2.24, 2.45) is 34.6 Å². The lowest BCUT2D eigenvalue weighted by atomic mass is 9.75. The third-order valence-electron chi connectivity index (χ3n) is 13.4. The molecule has 6 aliphatic rings. The number of amides is 4. The number of aliphatic imine (C=N–C) groups is 1. The molecule has 3 aliphatic heterocycles. The van der Waals surface area contributed by atoms with Gasteiger partial charge in [-0.25, -0.2) is 14.6 Å². The van der Waals surface area contributed by atoms with Gasteiger partial charge in [0.2, 0.25) is 11.8 Å². The molecule has 1 aromatic heterocycles. The first kappa shape index (κ1) is 45.6. The van der Waals surface area contributed by atoms with Crippen molar-refractivity contribution in [2.75, 3.05) is 47.6 Å². The van der Waals surface area contributed by atoms with Crippen molar-refractivity contribution in [3.8, 4) is 0 Å². The number of hydrogen-bond acceptors (Lipinski definition) is 10. The maximum atomic E-state index is 14.1. The van der Waals surface area contributed by atoms with Gasteiger partial charge in [0.05, 0.1) is 51.2 Å². The molecular weight excluding hydrogens is 801 g/mol. The molecule has 0 saturated carbocycles. The van der Waals surface area contributed by atoms with Crippen molar-refractivity contribution in [3.63, 3.8) is 0 Å². The SMILES string of the molecule is COC[C@H]1C[C@@H](c2nc3c([nH]2)[C@@H]2CC[C@H](C4=CC=C[C@@H](C)C(/C=C\[C@H]5CN=C([C@@H]6CCCN6C(=O)[C@@H](NC(=O)OC)C(C)C)N5)=C4)C=C2C=C3)N(C(=O)[C@@H](NC(=O)OC)C(C)C)C1. The number of fused-ring (bicyclic) bond motifs is 3. The molecule has 2 saturated heterocycles. The minimum atomic E-state index is -0.729. The summed E-state index contributed by atoms with van der Waals surface area (Å²) in [6, 6.07) is -1.82. The van der Waals surface area contributed by atoms with Crippen LogP contribution in [0.5, 0.6) is 0 Å². The van der Waals surface area contributed by atoms with Crippen LogP contribution in [0, 0.1) is 29.6 Å². The van der Waals surface area contributed by atoms with E-state index in [-0.39, 0.29) is 65.4 Å². The number of methoxy groups -OCH3 is 3. The summed E-state index contributed by atoms with van der Waals surface area (Å²) in [7, 11) is 4.28. The van der Waals surface area contributed by atoms with Gasteiger partial charge in [-0.05, 0) is 72.7 Å².